The van der Waals surface area contributed by atoms with Gasteiger partial charge in [0.1, 0.15) is 0 Å². The lowest BCUT2D eigenvalue weighted by Gasteiger charge is -2.13. The van der Waals surface area contributed by atoms with Crippen LogP contribution in [0.2, 0.25) is 0 Å². The molecular weight excluding hydrogens is 432 g/mol. The SMILES string of the molecule is CNC(=O)NC(=O)CSc1nc2cc(C(=O)OC)ccc2c(=O)n1CCc1ccccc1. The molecule has 2 N–H and O–H groups in total. The number of carbonyl (C=O) groups excluding carboxylic acids is 3. The summed E-state index contributed by atoms with van der Waals surface area (Å²) in [6, 6.07) is 13.6. The molecule has 3 rings (SSSR count). The van der Waals surface area contributed by atoms with E-state index in [9.17, 15) is 19.2 Å². The van der Waals surface area contributed by atoms with Crippen molar-refractivity contribution in [3.8, 4) is 0 Å². The number of thioether (sulfide) groups is 1. The molecule has 166 valence electrons. The molecule has 1 aromatic heterocycles. The molecule has 0 aliphatic rings. The summed E-state index contributed by atoms with van der Waals surface area (Å²) < 4.78 is 6.24. The maximum atomic E-state index is 13.2. The molecule has 10 heteroatoms. The third-order valence-corrected chi connectivity index (χ3v) is 5.60. The van der Waals surface area contributed by atoms with E-state index in [1.807, 2.05) is 30.3 Å². The number of fused-ring (bicyclic) bond motifs is 1. The highest BCUT2D eigenvalue weighted by Crippen LogP contribution is 2.20. The van der Waals surface area contributed by atoms with Gasteiger partial charge in [0, 0.05) is 13.6 Å². The fourth-order valence-corrected chi connectivity index (χ4v) is 3.82. The van der Waals surface area contributed by atoms with Crippen LogP contribution in [0.25, 0.3) is 10.9 Å². The molecule has 0 bridgehead atoms. The molecule has 2 aromatic carbocycles. The van der Waals surface area contributed by atoms with Crippen molar-refractivity contribution in [2.45, 2.75) is 18.1 Å². The van der Waals surface area contributed by atoms with E-state index >= 15 is 0 Å². The molecule has 0 spiro atoms. The number of imide groups is 1. The van der Waals surface area contributed by atoms with Crippen molar-refractivity contribution in [2.75, 3.05) is 19.9 Å². The average molecular weight is 455 g/mol. The first-order valence-electron chi connectivity index (χ1n) is 9.74. The van der Waals surface area contributed by atoms with Gasteiger partial charge in [-0.2, -0.15) is 0 Å². The minimum atomic E-state index is -0.619. The predicted octanol–water partition coefficient (Wildman–Crippen LogP) is 1.97. The van der Waals surface area contributed by atoms with Crippen LogP contribution in [0.4, 0.5) is 4.79 Å². The molecule has 32 heavy (non-hydrogen) atoms. The van der Waals surface area contributed by atoms with Crippen LogP contribution in [-0.4, -0.2) is 47.4 Å². The van der Waals surface area contributed by atoms with Crippen molar-refractivity contribution in [3.63, 3.8) is 0 Å². The van der Waals surface area contributed by atoms with Crippen LogP contribution in [0.1, 0.15) is 15.9 Å². The number of hydrogen-bond donors (Lipinski definition) is 2. The Balaban J connectivity index is 1.96. The van der Waals surface area contributed by atoms with Crippen LogP contribution in [0, 0.1) is 0 Å². The number of benzene rings is 2. The Bertz CT molecular complexity index is 1210. The van der Waals surface area contributed by atoms with Crippen LogP contribution >= 0.6 is 11.8 Å². The van der Waals surface area contributed by atoms with Gasteiger partial charge in [0.05, 0.1) is 29.3 Å². The smallest absolute Gasteiger partial charge is 0.337 e. The number of carbonyl (C=O) groups is 3. The summed E-state index contributed by atoms with van der Waals surface area (Å²) in [7, 11) is 2.68. The predicted molar refractivity (Wildman–Crippen MR) is 121 cm³/mol. The molecule has 0 aliphatic heterocycles. The van der Waals surface area contributed by atoms with E-state index in [0.29, 0.717) is 29.0 Å². The normalized spacial score (nSPS) is 10.6. The molecule has 9 nitrogen and oxygen atoms in total. The summed E-state index contributed by atoms with van der Waals surface area (Å²) in [6.07, 6.45) is 0.589. The number of ether oxygens (including phenoxy) is 1. The zero-order valence-electron chi connectivity index (χ0n) is 17.6. The molecule has 0 radical (unpaired) electrons. The van der Waals surface area contributed by atoms with E-state index in [1.165, 1.54) is 30.9 Å². The highest BCUT2D eigenvalue weighted by atomic mass is 32.2. The quantitative estimate of drug-likeness (QED) is 0.318. The Kier molecular flexibility index (Phi) is 7.61. The van der Waals surface area contributed by atoms with Crippen molar-refractivity contribution in [3.05, 3.63) is 70.0 Å². The molecule has 0 saturated carbocycles. The zero-order valence-corrected chi connectivity index (χ0v) is 18.4. The van der Waals surface area contributed by atoms with Crippen LogP contribution in [0.15, 0.2) is 58.5 Å². The molecule has 0 aliphatic carbocycles. The van der Waals surface area contributed by atoms with Gasteiger partial charge < -0.3 is 10.1 Å². The van der Waals surface area contributed by atoms with Crippen molar-refractivity contribution in [2.24, 2.45) is 0 Å². The van der Waals surface area contributed by atoms with Gasteiger partial charge in [0.25, 0.3) is 5.56 Å². The Labute approximate surface area is 188 Å². The highest BCUT2D eigenvalue weighted by Gasteiger charge is 2.16. The number of rotatable bonds is 7. The number of urea groups is 1. The Morgan fingerprint density at radius 2 is 1.88 bits per heavy atom. The molecule has 0 saturated heterocycles. The van der Waals surface area contributed by atoms with Crippen molar-refractivity contribution < 1.29 is 19.1 Å². The van der Waals surface area contributed by atoms with Crippen LogP contribution in [0.5, 0.6) is 0 Å². The monoisotopic (exact) mass is 454 g/mol. The number of amides is 3. The highest BCUT2D eigenvalue weighted by molar-refractivity contribution is 7.99. The summed E-state index contributed by atoms with van der Waals surface area (Å²) in [5, 5.41) is 5.14. The Morgan fingerprint density at radius 1 is 1.12 bits per heavy atom. The summed E-state index contributed by atoms with van der Waals surface area (Å²) in [6.45, 7) is 0.351. The van der Waals surface area contributed by atoms with Gasteiger partial charge >= 0.3 is 12.0 Å². The minimum absolute atomic E-state index is 0.118. The van der Waals surface area contributed by atoms with E-state index in [1.54, 1.807) is 6.07 Å². The van der Waals surface area contributed by atoms with E-state index in [0.717, 1.165) is 17.3 Å². The van der Waals surface area contributed by atoms with Gasteiger partial charge in [-0.25, -0.2) is 14.6 Å². The number of aryl methyl sites for hydroxylation is 1. The van der Waals surface area contributed by atoms with Gasteiger partial charge in [-0.05, 0) is 30.2 Å². The van der Waals surface area contributed by atoms with Crippen molar-refractivity contribution in [1.29, 1.82) is 0 Å². The summed E-state index contributed by atoms with van der Waals surface area (Å²) in [5.41, 5.74) is 1.36. The number of methoxy groups -OCH3 is 1. The van der Waals surface area contributed by atoms with Crippen molar-refractivity contribution >= 4 is 40.6 Å². The summed E-state index contributed by atoms with van der Waals surface area (Å²) >= 11 is 1.04. The molecule has 0 unspecified atom stereocenters. The van der Waals surface area contributed by atoms with Crippen LogP contribution < -0.4 is 16.2 Å². The maximum Gasteiger partial charge on any atom is 0.337 e. The van der Waals surface area contributed by atoms with Crippen molar-refractivity contribution in [1.82, 2.24) is 20.2 Å². The zero-order chi connectivity index (χ0) is 23.1. The summed E-state index contributed by atoms with van der Waals surface area (Å²) in [5.74, 6) is -1.18. The van der Waals surface area contributed by atoms with E-state index in [4.69, 9.17) is 4.74 Å². The summed E-state index contributed by atoms with van der Waals surface area (Å²) in [4.78, 5) is 53.0. The minimum Gasteiger partial charge on any atom is -0.465 e. The van der Waals surface area contributed by atoms with E-state index in [2.05, 4.69) is 15.6 Å². The van der Waals surface area contributed by atoms with Gasteiger partial charge in [0.15, 0.2) is 5.16 Å². The second kappa shape index (κ2) is 10.6. The average Bonchev–Trinajstić information content (AvgIpc) is 2.81. The van der Waals surface area contributed by atoms with Gasteiger partial charge in [-0.15, -0.1) is 0 Å². The van der Waals surface area contributed by atoms with Gasteiger partial charge in [0.2, 0.25) is 5.91 Å². The molecule has 3 aromatic rings. The van der Waals surface area contributed by atoms with Gasteiger partial charge in [-0.3, -0.25) is 19.5 Å². The number of hydrogen-bond acceptors (Lipinski definition) is 7. The largest absolute Gasteiger partial charge is 0.465 e. The first kappa shape index (κ1) is 23.0. The Hall–Kier alpha value is -3.66. The van der Waals surface area contributed by atoms with E-state index in [-0.39, 0.29) is 16.9 Å². The number of nitrogens with zero attached hydrogens (tertiary/aromatic N) is 2. The first-order chi connectivity index (χ1) is 15.4. The lowest BCUT2D eigenvalue weighted by molar-refractivity contribution is -0.117. The third-order valence-electron chi connectivity index (χ3n) is 4.62. The second-order valence-electron chi connectivity index (χ2n) is 6.73. The first-order valence-corrected chi connectivity index (χ1v) is 10.7. The second-order valence-corrected chi connectivity index (χ2v) is 7.67. The number of esters is 1. The lowest BCUT2D eigenvalue weighted by atomic mass is 10.1. The lowest BCUT2D eigenvalue weighted by Crippen LogP contribution is -2.38. The molecule has 3 amide bonds. The topological polar surface area (TPSA) is 119 Å². The fraction of sp³-hybridized carbons (Fsp3) is 0.227. The fourth-order valence-electron chi connectivity index (χ4n) is 2.99. The molecule has 0 atom stereocenters. The van der Waals surface area contributed by atoms with E-state index < -0.39 is 17.9 Å². The number of aromatic nitrogens is 2. The maximum absolute atomic E-state index is 13.2. The number of nitrogens with one attached hydrogen (secondary N) is 2. The van der Waals surface area contributed by atoms with Crippen LogP contribution in [0.3, 0.4) is 0 Å². The van der Waals surface area contributed by atoms with Crippen LogP contribution in [-0.2, 0) is 22.5 Å². The molecule has 0 fully saturated rings. The molecular formula is C22H22N4O5S. The third kappa shape index (κ3) is 5.52. The standard InChI is InChI=1S/C22H22N4O5S/c1-23-21(30)25-18(27)13-32-22-24-17-12-15(20(29)31-2)8-9-16(17)19(28)26(22)11-10-14-6-4-3-5-7-14/h3-9,12H,10-11,13H2,1-2H3,(H2,23,25,27,30). The van der Waals surface area contributed by atoms with Gasteiger partial charge in [-0.1, -0.05) is 42.1 Å². The Morgan fingerprint density at radius 3 is 2.56 bits per heavy atom. The molecule has 1 heterocycles.